The maximum atomic E-state index is 13.0. The summed E-state index contributed by atoms with van der Waals surface area (Å²) in [7, 11) is 2.67. The first kappa shape index (κ1) is 18.6. The summed E-state index contributed by atoms with van der Waals surface area (Å²) in [6.07, 6.45) is -0.661. The molecule has 0 fully saturated rings. The lowest BCUT2D eigenvalue weighted by molar-refractivity contribution is -0.146. The summed E-state index contributed by atoms with van der Waals surface area (Å²) in [4.78, 5) is 24.6. The average molecular weight is 345 g/mol. The van der Waals surface area contributed by atoms with Crippen LogP contribution in [-0.4, -0.2) is 32.1 Å². The summed E-state index contributed by atoms with van der Waals surface area (Å²) < 4.78 is 23.0. The van der Waals surface area contributed by atoms with Gasteiger partial charge in [-0.1, -0.05) is 42.5 Å². The summed E-state index contributed by atoms with van der Waals surface area (Å²) in [5.41, 5.74) is 1.37. The highest BCUT2D eigenvalue weighted by Gasteiger charge is 2.27. The average Bonchev–Trinajstić information content (AvgIpc) is 2.64. The molecule has 0 radical (unpaired) electrons. The van der Waals surface area contributed by atoms with E-state index >= 15 is 0 Å². The molecule has 2 atom stereocenters. The monoisotopic (exact) mass is 345 g/mol. The molecule has 132 valence electrons. The van der Waals surface area contributed by atoms with Crippen molar-refractivity contribution in [3.8, 4) is 0 Å². The standard InChI is InChI=1S/C19H20FNO4/c1-24-17(14-6-4-3-5-7-14)18(22)21-16(19(23)25-2)12-13-8-10-15(20)11-9-13/h3-11,16-17H,12H2,1-2H3,(H,21,22)/t16-,17+/m1/s1. The number of hydrogen-bond donors (Lipinski definition) is 1. The number of carbonyl (C=O) groups is 2. The van der Waals surface area contributed by atoms with Crippen LogP contribution in [0.25, 0.3) is 0 Å². The van der Waals surface area contributed by atoms with Crippen LogP contribution in [-0.2, 0) is 25.5 Å². The summed E-state index contributed by atoms with van der Waals surface area (Å²) in [5, 5.41) is 2.65. The van der Waals surface area contributed by atoms with Crippen LogP contribution in [0.3, 0.4) is 0 Å². The Morgan fingerprint density at radius 2 is 1.68 bits per heavy atom. The molecule has 0 saturated carbocycles. The van der Waals surface area contributed by atoms with Gasteiger partial charge in [0.1, 0.15) is 11.9 Å². The Bertz CT molecular complexity index is 703. The van der Waals surface area contributed by atoms with E-state index in [9.17, 15) is 14.0 Å². The highest BCUT2D eigenvalue weighted by molar-refractivity contribution is 5.87. The SMILES string of the molecule is COC(=O)[C@@H](Cc1ccc(F)cc1)NC(=O)[C@@H](OC)c1ccccc1. The zero-order valence-corrected chi connectivity index (χ0v) is 14.1. The molecular formula is C19H20FNO4. The number of rotatable bonds is 7. The minimum atomic E-state index is -0.899. The third-order valence-corrected chi connectivity index (χ3v) is 3.73. The minimum absolute atomic E-state index is 0.184. The van der Waals surface area contributed by atoms with E-state index in [1.54, 1.807) is 36.4 Å². The van der Waals surface area contributed by atoms with Crippen molar-refractivity contribution >= 4 is 11.9 Å². The third kappa shape index (κ3) is 5.12. The molecule has 2 aromatic carbocycles. The summed E-state index contributed by atoms with van der Waals surface area (Å²) in [6, 6.07) is 13.8. The van der Waals surface area contributed by atoms with E-state index in [1.165, 1.54) is 26.4 Å². The van der Waals surface area contributed by atoms with Gasteiger partial charge in [0.05, 0.1) is 7.11 Å². The first-order valence-corrected chi connectivity index (χ1v) is 7.75. The van der Waals surface area contributed by atoms with E-state index in [1.807, 2.05) is 6.07 Å². The van der Waals surface area contributed by atoms with Gasteiger partial charge in [-0.25, -0.2) is 9.18 Å². The van der Waals surface area contributed by atoms with Crippen LogP contribution in [0.1, 0.15) is 17.2 Å². The maximum absolute atomic E-state index is 13.0. The molecule has 1 N–H and O–H groups in total. The van der Waals surface area contributed by atoms with E-state index in [0.29, 0.717) is 11.1 Å². The predicted molar refractivity (Wildman–Crippen MR) is 90.2 cm³/mol. The molecule has 1 amide bonds. The fourth-order valence-corrected chi connectivity index (χ4v) is 2.46. The minimum Gasteiger partial charge on any atom is -0.467 e. The number of methoxy groups -OCH3 is 2. The largest absolute Gasteiger partial charge is 0.467 e. The maximum Gasteiger partial charge on any atom is 0.328 e. The van der Waals surface area contributed by atoms with E-state index < -0.39 is 24.0 Å². The number of esters is 1. The van der Waals surface area contributed by atoms with Crippen LogP contribution in [0.2, 0.25) is 0 Å². The van der Waals surface area contributed by atoms with Crippen molar-refractivity contribution < 1.29 is 23.5 Å². The molecule has 0 bridgehead atoms. The Kier molecular flexibility index (Phi) is 6.65. The lowest BCUT2D eigenvalue weighted by atomic mass is 10.0. The topological polar surface area (TPSA) is 64.6 Å². The number of hydrogen-bond acceptors (Lipinski definition) is 4. The second-order valence-corrected chi connectivity index (χ2v) is 5.44. The Hall–Kier alpha value is -2.73. The van der Waals surface area contributed by atoms with Crippen LogP contribution < -0.4 is 5.32 Å². The van der Waals surface area contributed by atoms with Crippen molar-refractivity contribution in [1.29, 1.82) is 0 Å². The van der Waals surface area contributed by atoms with Gasteiger partial charge < -0.3 is 14.8 Å². The van der Waals surface area contributed by atoms with Crippen LogP contribution in [0.15, 0.2) is 54.6 Å². The summed E-state index contributed by atoms with van der Waals surface area (Å²) in [5.74, 6) is -1.40. The molecule has 0 heterocycles. The molecule has 5 nitrogen and oxygen atoms in total. The molecule has 0 saturated heterocycles. The van der Waals surface area contributed by atoms with Gasteiger partial charge in [-0.05, 0) is 23.3 Å². The van der Waals surface area contributed by atoms with Gasteiger partial charge >= 0.3 is 5.97 Å². The van der Waals surface area contributed by atoms with Crippen LogP contribution in [0.5, 0.6) is 0 Å². The zero-order chi connectivity index (χ0) is 18.2. The number of amides is 1. The Balaban J connectivity index is 2.13. The smallest absolute Gasteiger partial charge is 0.328 e. The van der Waals surface area contributed by atoms with Gasteiger partial charge in [0.2, 0.25) is 0 Å². The van der Waals surface area contributed by atoms with E-state index in [2.05, 4.69) is 5.32 Å². The lowest BCUT2D eigenvalue weighted by Crippen LogP contribution is -2.45. The Morgan fingerprint density at radius 3 is 2.24 bits per heavy atom. The normalized spacial score (nSPS) is 12.9. The highest BCUT2D eigenvalue weighted by atomic mass is 19.1. The molecule has 0 spiro atoms. The molecule has 6 heteroatoms. The zero-order valence-electron chi connectivity index (χ0n) is 14.1. The van der Waals surface area contributed by atoms with Crippen LogP contribution >= 0.6 is 0 Å². The van der Waals surface area contributed by atoms with Crippen LogP contribution in [0, 0.1) is 5.82 Å². The van der Waals surface area contributed by atoms with Gasteiger partial charge in [-0.15, -0.1) is 0 Å². The van der Waals surface area contributed by atoms with E-state index in [0.717, 1.165) is 0 Å². The van der Waals surface area contributed by atoms with Crippen molar-refractivity contribution in [3.63, 3.8) is 0 Å². The van der Waals surface area contributed by atoms with Gasteiger partial charge in [0, 0.05) is 13.5 Å². The molecule has 2 rings (SSSR count). The van der Waals surface area contributed by atoms with Crippen molar-refractivity contribution in [2.24, 2.45) is 0 Å². The van der Waals surface area contributed by atoms with Crippen LogP contribution in [0.4, 0.5) is 4.39 Å². The number of nitrogens with one attached hydrogen (secondary N) is 1. The first-order chi connectivity index (χ1) is 12.0. The fraction of sp³-hybridized carbons (Fsp3) is 0.263. The third-order valence-electron chi connectivity index (χ3n) is 3.73. The second-order valence-electron chi connectivity index (χ2n) is 5.44. The van der Waals surface area contributed by atoms with Gasteiger partial charge in [0.25, 0.3) is 5.91 Å². The number of ether oxygens (including phenoxy) is 2. The van der Waals surface area contributed by atoms with E-state index in [-0.39, 0.29) is 12.2 Å². The first-order valence-electron chi connectivity index (χ1n) is 7.75. The molecule has 2 aromatic rings. The Morgan fingerprint density at radius 1 is 1.04 bits per heavy atom. The van der Waals surface area contributed by atoms with Gasteiger partial charge in [-0.2, -0.15) is 0 Å². The molecule has 0 aliphatic heterocycles. The van der Waals surface area contributed by atoms with Crippen molar-refractivity contribution in [3.05, 3.63) is 71.5 Å². The van der Waals surface area contributed by atoms with Crippen molar-refractivity contribution in [1.82, 2.24) is 5.32 Å². The van der Waals surface area contributed by atoms with Gasteiger partial charge in [0.15, 0.2) is 6.10 Å². The molecular weight excluding hydrogens is 325 g/mol. The molecule has 25 heavy (non-hydrogen) atoms. The second kappa shape index (κ2) is 8.94. The summed E-state index contributed by atoms with van der Waals surface area (Å²) >= 11 is 0. The fourth-order valence-electron chi connectivity index (χ4n) is 2.46. The molecule has 0 aliphatic carbocycles. The van der Waals surface area contributed by atoms with E-state index in [4.69, 9.17) is 9.47 Å². The Labute approximate surface area is 145 Å². The molecule has 0 aromatic heterocycles. The lowest BCUT2D eigenvalue weighted by Gasteiger charge is -2.21. The predicted octanol–water partition coefficient (Wildman–Crippen LogP) is 2.41. The number of halogens is 1. The van der Waals surface area contributed by atoms with Crippen molar-refractivity contribution in [2.45, 2.75) is 18.6 Å². The van der Waals surface area contributed by atoms with Gasteiger partial charge in [-0.3, -0.25) is 4.79 Å². The summed E-state index contributed by atoms with van der Waals surface area (Å²) in [6.45, 7) is 0. The quantitative estimate of drug-likeness (QED) is 0.783. The molecule has 0 unspecified atom stereocenters. The van der Waals surface area contributed by atoms with Crippen molar-refractivity contribution in [2.75, 3.05) is 14.2 Å². The highest BCUT2D eigenvalue weighted by Crippen LogP contribution is 2.17. The number of benzene rings is 2. The molecule has 0 aliphatic rings. The number of carbonyl (C=O) groups excluding carboxylic acids is 2.